The van der Waals surface area contributed by atoms with E-state index in [2.05, 4.69) is 20.4 Å². The maximum absolute atomic E-state index is 12.2. The van der Waals surface area contributed by atoms with E-state index in [0.717, 1.165) is 10.4 Å². The minimum absolute atomic E-state index is 0.189. The van der Waals surface area contributed by atoms with Crippen molar-refractivity contribution in [2.75, 3.05) is 5.32 Å². The number of aromatic nitrogens is 3. The standard InChI is InChI=1S/C19H14Cl2N4O3S/c20-12-3-4-14(21)11(8-12)9-13-10-22-19(29-13)23-16(26)5-6-17-24-18(25-28-17)15-2-1-7-27-15/h1-4,7-8,10H,5-6,9H2,(H,22,23,26). The number of nitrogens with one attached hydrogen (secondary N) is 1. The largest absolute Gasteiger partial charge is 0.461 e. The summed E-state index contributed by atoms with van der Waals surface area (Å²) >= 11 is 13.6. The predicted octanol–water partition coefficient (Wildman–Crippen LogP) is 5.26. The Morgan fingerprint density at radius 3 is 2.97 bits per heavy atom. The fourth-order valence-electron chi connectivity index (χ4n) is 2.58. The first kappa shape index (κ1) is 19.6. The molecule has 0 saturated carbocycles. The number of nitrogens with zero attached hydrogens (tertiary/aromatic N) is 3. The average molecular weight is 449 g/mol. The van der Waals surface area contributed by atoms with Crippen LogP contribution in [0.4, 0.5) is 5.13 Å². The third kappa shape index (κ3) is 5.03. The molecular weight excluding hydrogens is 435 g/mol. The fourth-order valence-corrected chi connectivity index (χ4v) is 3.81. The maximum Gasteiger partial charge on any atom is 0.238 e. The molecule has 0 bridgehead atoms. The van der Waals surface area contributed by atoms with Crippen LogP contribution in [-0.4, -0.2) is 21.0 Å². The number of rotatable bonds is 7. The summed E-state index contributed by atoms with van der Waals surface area (Å²) in [6.07, 6.45) is 4.34. The summed E-state index contributed by atoms with van der Waals surface area (Å²) in [7, 11) is 0. The van der Waals surface area contributed by atoms with E-state index in [1.165, 1.54) is 17.6 Å². The first-order valence-electron chi connectivity index (χ1n) is 8.62. The summed E-state index contributed by atoms with van der Waals surface area (Å²) < 4.78 is 10.4. The highest BCUT2D eigenvalue weighted by Gasteiger charge is 2.14. The molecule has 0 aliphatic carbocycles. The number of furan rings is 1. The number of thiazole rings is 1. The van der Waals surface area contributed by atoms with Crippen LogP contribution in [0.5, 0.6) is 0 Å². The maximum atomic E-state index is 12.2. The van der Waals surface area contributed by atoms with E-state index in [4.69, 9.17) is 32.1 Å². The van der Waals surface area contributed by atoms with Gasteiger partial charge in [-0.15, -0.1) is 11.3 Å². The van der Waals surface area contributed by atoms with Gasteiger partial charge in [-0.3, -0.25) is 4.79 Å². The summed E-state index contributed by atoms with van der Waals surface area (Å²) in [5.74, 6) is 1.04. The highest BCUT2D eigenvalue weighted by molar-refractivity contribution is 7.15. The molecule has 4 aromatic rings. The lowest BCUT2D eigenvalue weighted by atomic mass is 10.1. The van der Waals surface area contributed by atoms with Gasteiger partial charge in [0.25, 0.3) is 0 Å². The van der Waals surface area contributed by atoms with Crippen molar-refractivity contribution < 1.29 is 13.7 Å². The van der Waals surface area contributed by atoms with Gasteiger partial charge >= 0.3 is 0 Å². The van der Waals surface area contributed by atoms with Gasteiger partial charge in [0.2, 0.25) is 17.6 Å². The molecule has 0 unspecified atom stereocenters. The van der Waals surface area contributed by atoms with Crippen LogP contribution in [0.3, 0.4) is 0 Å². The molecule has 3 heterocycles. The Morgan fingerprint density at radius 1 is 1.24 bits per heavy atom. The molecule has 148 valence electrons. The molecule has 29 heavy (non-hydrogen) atoms. The summed E-state index contributed by atoms with van der Waals surface area (Å²) in [5.41, 5.74) is 0.907. The highest BCUT2D eigenvalue weighted by Crippen LogP contribution is 2.27. The smallest absolute Gasteiger partial charge is 0.238 e. The van der Waals surface area contributed by atoms with Gasteiger partial charge in [0.15, 0.2) is 10.9 Å². The van der Waals surface area contributed by atoms with Crippen LogP contribution >= 0.6 is 34.5 Å². The van der Waals surface area contributed by atoms with Crippen LogP contribution in [0, 0.1) is 0 Å². The van der Waals surface area contributed by atoms with Crippen LogP contribution in [-0.2, 0) is 17.6 Å². The lowest BCUT2D eigenvalue weighted by Crippen LogP contribution is -2.12. The molecule has 1 N–H and O–H groups in total. The Morgan fingerprint density at radius 2 is 2.14 bits per heavy atom. The number of carbonyl (C=O) groups excluding carboxylic acids is 1. The van der Waals surface area contributed by atoms with Gasteiger partial charge in [0, 0.05) is 40.4 Å². The Labute approximate surface area is 179 Å². The van der Waals surface area contributed by atoms with Gasteiger partial charge in [0.1, 0.15) is 0 Å². The Balaban J connectivity index is 1.31. The van der Waals surface area contributed by atoms with Gasteiger partial charge in [0.05, 0.1) is 6.26 Å². The molecule has 1 amide bonds. The van der Waals surface area contributed by atoms with Crippen LogP contribution in [0.25, 0.3) is 11.6 Å². The lowest BCUT2D eigenvalue weighted by molar-refractivity contribution is -0.116. The number of benzene rings is 1. The monoisotopic (exact) mass is 448 g/mol. The van der Waals surface area contributed by atoms with Gasteiger partial charge in [-0.1, -0.05) is 28.4 Å². The number of amides is 1. The number of halogens is 2. The van der Waals surface area contributed by atoms with E-state index in [0.29, 0.717) is 45.5 Å². The van der Waals surface area contributed by atoms with E-state index in [-0.39, 0.29) is 12.3 Å². The average Bonchev–Trinajstić information content (AvgIpc) is 3.44. The predicted molar refractivity (Wildman–Crippen MR) is 110 cm³/mol. The van der Waals surface area contributed by atoms with Crippen molar-refractivity contribution in [3.63, 3.8) is 0 Å². The lowest BCUT2D eigenvalue weighted by Gasteiger charge is -2.02. The van der Waals surface area contributed by atoms with Crippen molar-refractivity contribution >= 4 is 45.6 Å². The summed E-state index contributed by atoms with van der Waals surface area (Å²) in [6, 6.07) is 8.80. The number of hydrogen-bond donors (Lipinski definition) is 1. The highest BCUT2D eigenvalue weighted by atomic mass is 35.5. The van der Waals surface area contributed by atoms with Crippen LogP contribution in [0.15, 0.2) is 51.7 Å². The summed E-state index contributed by atoms with van der Waals surface area (Å²) in [4.78, 5) is 21.6. The number of carbonyl (C=O) groups is 1. The Bertz CT molecular complexity index is 1120. The molecule has 10 heteroatoms. The first-order valence-corrected chi connectivity index (χ1v) is 10.2. The zero-order chi connectivity index (χ0) is 20.2. The van der Waals surface area contributed by atoms with Gasteiger partial charge in [-0.2, -0.15) is 4.98 Å². The molecule has 7 nitrogen and oxygen atoms in total. The molecule has 1 aromatic carbocycles. The molecule has 0 radical (unpaired) electrons. The Kier molecular flexibility index (Phi) is 5.94. The summed E-state index contributed by atoms with van der Waals surface area (Å²) in [5, 5.41) is 8.40. The zero-order valence-corrected chi connectivity index (χ0v) is 17.2. The van der Waals surface area contributed by atoms with Crippen molar-refractivity contribution in [3.05, 3.63) is 69.2 Å². The van der Waals surface area contributed by atoms with Crippen molar-refractivity contribution in [2.24, 2.45) is 0 Å². The first-order chi connectivity index (χ1) is 14.1. The molecule has 0 spiro atoms. The molecule has 0 aliphatic rings. The SMILES string of the molecule is O=C(CCc1nc(-c2ccco2)no1)Nc1ncc(Cc2cc(Cl)ccc2Cl)s1. The van der Waals surface area contributed by atoms with Gasteiger partial charge in [-0.25, -0.2) is 4.98 Å². The normalized spacial score (nSPS) is 11.0. The van der Waals surface area contributed by atoms with E-state index in [1.807, 2.05) is 6.07 Å². The third-order valence-electron chi connectivity index (χ3n) is 3.95. The molecule has 0 aliphatic heterocycles. The van der Waals surface area contributed by atoms with Crippen molar-refractivity contribution in [2.45, 2.75) is 19.3 Å². The number of aryl methyl sites for hydroxylation is 1. The second-order valence-corrected chi connectivity index (χ2v) is 8.04. The third-order valence-corrected chi connectivity index (χ3v) is 5.46. The van der Waals surface area contributed by atoms with E-state index >= 15 is 0 Å². The number of anilines is 1. The zero-order valence-electron chi connectivity index (χ0n) is 14.9. The minimum Gasteiger partial charge on any atom is -0.461 e. The Hall–Kier alpha value is -2.68. The van der Waals surface area contributed by atoms with Crippen LogP contribution < -0.4 is 5.32 Å². The van der Waals surface area contributed by atoms with Crippen LogP contribution in [0.1, 0.15) is 22.8 Å². The fraction of sp³-hybridized carbons (Fsp3) is 0.158. The van der Waals surface area contributed by atoms with Crippen molar-refractivity contribution in [1.29, 1.82) is 0 Å². The second-order valence-electron chi connectivity index (χ2n) is 6.08. The topological polar surface area (TPSA) is 94.0 Å². The second kappa shape index (κ2) is 8.77. The molecule has 4 rings (SSSR count). The van der Waals surface area contributed by atoms with E-state index in [1.54, 1.807) is 30.5 Å². The molecule has 0 fully saturated rings. The van der Waals surface area contributed by atoms with E-state index in [9.17, 15) is 4.79 Å². The number of hydrogen-bond acceptors (Lipinski definition) is 7. The molecule has 0 saturated heterocycles. The minimum atomic E-state index is -0.190. The van der Waals surface area contributed by atoms with Gasteiger partial charge < -0.3 is 14.3 Å². The van der Waals surface area contributed by atoms with E-state index < -0.39 is 0 Å². The summed E-state index contributed by atoms with van der Waals surface area (Å²) in [6.45, 7) is 0. The van der Waals surface area contributed by atoms with Crippen molar-refractivity contribution in [3.8, 4) is 11.6 Å². The molecule has 0 atom stereocenters. The molecule has 3 aromatic heterocycles. The van der Waals surface area contributed by atoms with Gasteiger partial charge in [-0.05, 0) is 35.9 Å². The van der Waals surface area contributed by atoms with Crippen molar-refractivity contribution in [1.82, 2.24) is 15.1 Å². The molecular formula is C19H14Cl2N4O3S. The van der Waals surface area contributed by atoms with Crippen LogP contribution in [0.2, 0.25) is 10.0 Å². The quantitative estimate of drug-likeness (QED) is 0.414.